The molecular formula is C25H30. The maximum Gasteiger partial charge on any atom is -0.0162 e. The van der Waals surface area contributed by atoms with Crippen molar-refractivity contribution in [2.75, 3.05) is 0 Å². The second-order valence-corrected chi connectivity index (χ2v) is 5.75. The van der Waals surface area contributed by atoms with Gasteiger partial charge in [-0.15, -0.1) is 0 Å². The van der Waals surface area contributed by atoms with Crippen LogP contribution >= 0.6 is 0 Å². The van der Waals surface area contributed by atoms with Crippen molar-refractivity contribution in [2.45, 2.75) is 34.1 Å². The van der Waals surface area contributed by atoms with Crippen molar-refractivity contribution in [1.29, 1.82) is 0 Å². The molecule has 0 aliphatic carbocycles. The Bertz CT molecular complexity index is 714. The van der Waals surface area contributed by atoms with Crippen LogP contribution in [-0.4, -0.2) is 0 Å². The number of benzene rings is 1. The van der Waals surface area contributed by atoms with Gasteiger partial charge in [-0.05, 0) is 56.4 Å². The molecule has 0 aliphatic rings. The van der Waals surface area contributed by atoms with E-state index in [2.05, 4.69) is 94.1 Å². The van der Waals surface area contributed by atoms with Gasteiger partial charge >= 0.3 is 0 Å². The molecule has 1 rings (SSSR count). The summed E-state index contributed by atoms with van der Waals surface area (Å²) in [5.74, 6) is 0. The Morgan fingerprint density at radius 1 is 0.880 bits per heavy atom. The van der Waals surface area contributed by atoms with Crippen LogP contribution in [0.1, 0.15) is 38.3 Å². The molecule has 0 heteroatoms. The zero-order valence-electron chi connectivity index (χ0n) is 16.0. The molecule has 0 nitrogen and oxygen atoms in total. The maximum absolute atomic E-state index is 3.79. The highest BCUT2D eigenvalue weighted by atomic mass is 14.0. The van der Waals surface area contributed by atoms with Crippen LogP contribution in [0.25, 0.3) is 5.57 Å². The van der Waals surface area contributed by atoms with Crippen molar-refractivity contribution in [2.24, 2.45) is 0 Å². The van der Waals surface area contributed by atoms with Gasteiger partial charge in [-0.3, -0.25) is 0 Å². The Morgan fingerprint density at radius 2 is 1.56 bits per heavy atom. The lowest BCUT2D eigenvalue weighted by Gasteiger charge is -2.03. The Morgan fingerprint density at radius 3 is 2.12 bits per heavy atom. The summed E-state index contributed by atoms with van der Waals surface area (Å²) in [6, 6.07) is 8.65. The first-order chi connectivity index (χ1) is 12.2. The van der Waals surface area contributed by atoms with Gasteiger partial charge in [0.1, 0.15) is 0 Å². The lowest BCUT2D eigenvalue weighted by molar-refractivity contribution is 1.37. The van der Waals surface area contributed by atoms with Gasteiger partial charge in [0.05, 0.1) is 0 Å². The van der Waals surface area contributed by atoms with Crippen molar-refractivity contribution in [3.8, 4) is 0 Å². The molecule has 0 aromatic heterocycles. The molecule has 0 amide bonds. The maximum atomic E-state index is 3.79. The van der Waals surface area contributed by atoms with E-state index in [4.69, 9.17) is 0 Å². The number of hydrogen-bond acceptors (Lipinski definition) is 0. The molecule has 1 aromatic rings. The largest absolute Gasteiger partial charge is 0.0990 e. The molecule has 0 bridgehead atoms. The summed E-state index contributed by atoms with van der Waals surface area (Å²) in [5.41, 5.74) is 6.17. The molecule has 0 fully saturated rings. The van der Waals surface area contributed by atoms with E-state index in [0.29, 0.717) is 0 Å². The van der Waals surface area contributed by atoms with E-state index in [1.165, 1.54) is 27.8 Å². The van der Waals surface area contributed by atoms with Gasteiger partial charge in [-0.1, -0.05) is 97.2 Å². The molecule has 0 atom stereocenters. The van der Waals surface area contributed by atoms with Gasteiger partial charge in [-0.2, -0.15) is 0 Å². The van der Waals surface area contributed by atoms with E-state index in [1.807, 2.05) is 25.2 Å². The van der Waals surface area contributed by atoms with Crippen molar-refractivity contribution in [1.82, 2.24) is 0 Å². The summed E-state index contributed by atoms with van der Waals surface area (Å²) < 4.78 is 0. The molecule has 0 N–H and O–H groups in total. The molecule has 0 saturated carbocycles. The predicted octanol–water partition coefficient (Wildman–Crippen LogP) is 7.54. The fourth-order valence-corrected chi connectivity index (χ4v) is 2.49. The molecule has 1 aromatic carbocycles. The Balaban J connectivity index is 2.75. The van der Waals surface area contributed by atoms with Gasteiger partial charge in [0, 0.05) is 0 Å². The normalized spacial score (nSPS) is 14.2. The minimum Gasteiger partial charge on any atom is -0.0990 e. The number of allylic oxidation sites excluding steroid dienone is 13. The highest BCUT2D eigenvalue weighted by Crippen LogP contribution is 2.17. The molecular weight excluding hydrogens is 300 g/mol. The molecule has 0 unspecified atom stereocenters. The fourth-order valence-electron chi connectivity index (χ4n) is 2.49. The van der Waals surface area contributed by atoms with Crippen molar-refractivity contribution < 1.29 is 0 Å². The summed E-state index contributed by atoms with van der Waals surface area (Å²) >= 11 is 0. The van der Waals surface area contributed by atoms with Crippen LogP contribution in [0.15, 0.2) is 103 Å². The quantitative estimate of drug-likeness (QED) is 0.432. The standard InChI is InChI=1S/C25H30/c1-6-13-24(14-7-2)22(8-3)15-11-10-12-16-23(9-4)25-19-17-21(5)18-20-25/h6-9,11-20H,1,10H2,2-5H3/b14-7-,15-11-,16-12-,22-8+,23-9+,24-13+. The van der Waals surface area contributed by atoms with Crippen molar-refractivity contribution in [3.63, 3.8) is 0 Å². The minimum atomic E-state index is 0.901. The first-order valence-corrected chi connectivity index (χ1v) is 8.84. The van der Waals surface area contributed by atoms with Gasteiger partial charge in [0.2, 0.25) is 0 Å². The molecule has 0 spiro atoms. The Kier molecular flexibility index (Phi) is 9.70. The summed E-state index contributed by atoms with van der Waals surface area (Å²) in [7, 11) is 0. The lowest BCUT2D eigenvalue weighted by Crippen LogP contribution is -1.83. The van der Waals surface area contributed by atoms with E-state index >= 15 is 0 Å². The number of hydrogen-bond donors (Lipinski definition) is 0. The van der Waals surface area contributed by atoms with Crippen molar-refractivity contribution >= 4 is 5.57 Å². The number of aryl methyl sites for hydroxylation is 1. The van der Waals surface area contributed by atoms with Gasteiger partial charge in [-0.25, -0.2) is 0 Å². The molecule has 0 aliphatic heterocycles. The SMILES string of the molecule is C=C/C=C(\C=C/C)C(/C=C\C/C=C\C(=C/C)c1ccc(C)cc1)=C/C. The van der Waals surface area contributed by atoms with E-state index in [-0.39, 0.29) is 0 Å². The predicted molar refractivity (Wildman–Crippen MR) is 115 cm³/mol. The van der Waals surface area contributed by atoms with E-state index in [1.54, 1.807) is 0 Å². The molecule has 0 heterocycles. The fraction of sp³-hybridized carbons (Fsp3) is 0.200. The van der Waals surface area contributed by atoms with Crippen LogP contribution in [-0.2, 0) is 0 Å². The highest BCUT2D eigenvalue weighted by molar-refractivity contribution is 5.73. The second kappa shape index (κ2) is 11.9. The zero-order chi connectivity index (χ0) is 18.5. The molecule has 0 radical (unpaired) electrons. The third-order valence-corrected chi connectivity index (χ3v) is 3.85. The van der Waals surface area contributed by atoms with Crippen LogP contribution in [0.5, 0.6) is 0 Å². The minimum absolute atomic E-state index is 0.901. The topological polar surface area (TPSA) is 0 Å². The van der Waals surface area contributed by atoms with E-state index < -0.39 is 0 Å². The highest BCUT2D eigenvalue weighted by Gasteiger charge is 1.96. The summed E-state index contributed by atoms with van der Waals surface area (Å²) in [5, 5.41) is 0. The van der Waals surface area contributed by atoms with Gasteiger partial charge < -0.3 is 0 Å². The summed E-state index contributed by atoms with van der Waals surface area (Å²) in [4.78, 5) is 0. The lowest BCUT2D eigenvalue weighted by atomic mass is 10.0. The average molecular weight is 331 g/mol. The van der Waals surface area contributed by atoms with Gasteiger partial charge in [0.15, 0.2) is 0 Å². The molecule has 130 valence electrons. The first-order valence-electron chi connectivity index (χ1n) is 8.84. The third-order valence-electron chi connectivity index (χ3n) is 3.85. The second-order valence-electron chi connectivity index (χ2n) is 5.75. The first kappa shape index (κ1) is 20.4. The van der Waals surface area contributed by atoms with Gasteiger partial charge in [0.25, 0.3) is 0 Å². The third kappa shape index (κ3) is 7.22. The van der Waals surface area contributed by atoms with Crippen LogP contribution in [0.2, 0.25) is 0 Å². The monoisotopic (exact) mass is 330 g/mol. The van der Waals surface area contributed by atoms with Crippen LogP contribution in [0.3, 0.4) is 0 Å². The average Bonchev–Trinajstić information content (AvgIpc) is 2.62. The van der Waals surface area contributed by atoms with Crippen LogP contribution < -0.4 is 0 Å². The summed E-state index contributed by atoms with van der Waals surface area (Å²) in [6.07, 6.45) is 21.9. The van der Waals surface area contributed by atoms with Crippen LogP contribution in [0.4, 0.5) is 0 Å². The number of rotatable bonds is 8. The van der Waals surface area contributed by atoms with E-state index in [9.17, 15) is 0 Å². The Hall–Kier alpha value is -2.60. The molecule has 25 heavy (non-hydrogen) atoms. The molecule has 0 saturated heterocycles. The Labute approximate surface area is 154 Å². The summed E-state index contributed by atoms with van der Waals surface area (Å²) in [6.45, 7) is 12.1. The zero-order valence-corrected chi connectivity index (χ0v) is 16.0. The van der Waals surface area contributed by atoms with E-state index in [0.717, 1.165) is 6.42 Å². The smallest absolute Gasteiger partial charge is 0.0162 e. The van der Waals surface area contributed by atoms with Crippen LogP contribution in [0, 0.1) is 6.92 Å². The van der Waals surface area contributed by atoms with Crippen molar-refractivity contribution in [3.05, 3.63) is 114 Å².